The second-order valence-electron chi connectivity index (χ2n) is 7.22. The van der Waals surface area contributed by atoms with E-state index in [2.05, 4.69) is 15.4 Å². The topological polar surface area (TPSA) is 115 Å². The molecule has 1 aliphatic rings. The van der Waals surface area contributed by atoms with Crippen LogP contribution in [0.4, 0.5) is 10.2 Å². The number of rotatable bonds is 5. The fraction of sp³-hybridized carbons (Fsp3) is 0.316. The number of fused-ring (bicyclic) bond motifs is 2. The van der Waals surface area contributed by atoms with Crippen LogP contribution in [0.2, 0.25) is 0 Å². The van der Waals surface area contributed by atoms with Gasteiger partial charge < -0.3 is 20.9 Å². The number of imidazole rings is 1. The van der Waals surface area contributed by atoms with Gasteiger partial charge in [0.1, 0.15) is 23.0 Å². The Balaban J connectivity index is 1.67. The van der Waals surface area contributed by atoms with Crippen molar-refractivity contribution in [2.75, 3.05) is 11.9 Å². The third-order valence-electron chi connectivity index (χ3n) is 4.92. The van der Waals surface area contributed by atoms with Crippen LogP contribution < -0.4 is 15.8 Å². The number of carboxylic acids is 1. The Morgan fingerprint density at radius 1 is 1.50 bits per heavy atom. The molecule has 3 aromatic rings. The molecule has 3 heterocycles. The average molecular weight is 385 g/mol. The van der Waals surface area contributed by atoms with Crippen LogP contribution in [-0.4, -0.2) is 37.8 Å². The molecule has 28 heavy (non-hydrogen) atoms. The van der Waals surface area contributed by atoms with Gasteiger partial charge in [-0.1, -0.05) is 0 Å². The van der Waals surface area contributed by atoms with E-state index < -0.39 is 11.6 Å². The Morgan fingerprint density at radius 3 is 3.00 bits per heavy atom. The fourth-order valence-electron chi connectivity index (χ4n) is 3.45. The van der Waals surface area contributed by atoms with Gasteiger partial charge >= 0.3 is 5.97 Å². The molecule has 8 nitrogen and oxygen atoms in total. The first-order chi connectivity index (χ1) is 13.3. The Labute approximate surface area is 160 Å². The first kappa shape index (κ1) is 18.2. The lowest BCUT2D eigenvalue weighted by atomic mass is 9.97. The van der Waals surface area contributed by atoms with E-state index in [-0.39, 0.29) is 17.6 Å². The number of nitrogens with zero attached hydrogens (tertiary/aromatic N) is 3. The molecule has 0 spiro atoms. The Morgan fingerprint density at radius 2 is 2.29 bits per heavy atom. The Bertz CT molecular complexity index is 1080. The van der Waals surface area contributed by atoms with Crippen LogP contribution >= 0.6 is 0 Å². The molecule has 1 aromatic carbocycles. The maximum Gasteiger partial charge on any atom is 0.356 e. The number of anilines is 1. The minimum Gasteiger partial charge on any atom is -0.485 e. The highest BCUT2D eigenvalue weighted by Gasteiger charge is 2.36. The molecule has 146 valence electrons. The third kappa shape index (κ3) is 3.03. The molecule has 0 unspecified atom stereocenters. The Hall–Kier alpha value is -3.20. The molecule has 0 amide bonds. The van der Waals surface area contributed by atoms with E-state index in [0.717, 1.165) is 5.56 Å². The first-order valence-corrected chi connectivity index (χ1v) is 8.86. The van der Waals surface area contributed by atoms with Gasteiger partial charge in [-0.25, -0.2) is 18.7 Å². The highest BCUT2D eigenvalue weighted by molar-refractivity contribution is 5.86. The number of nitrogens with two attached hydrogens (primary N) is 1. The van der Waals surface area contributed by atoms with E-state index in [1.165, 1.54) is 22.8 Å². The molecule has 0 saturated heterocycles. The lowest BCUT2D eigenvalue weighted by Gasteiger charge is -2.23. The van der Waals surface area contributed by atoms with Crippen LogP contribution in [0.3, 0.4) is 0 Å². The smallest absolute Gasteiger partial charge is 0.356 e. The molecule has 4 N–H and O–H groups in total. The van der Waals surface area contributed by atoms with Crippen LogP contribution in [0.1, 0.15) is 41.5 Å². The number of halogens is 1. The van der Waals surface area contributed by atoms with E-state index >= 15 is 0 Å². The molecule has 2 atom stereocenters. The van der Waals surface area contributed by atoms with Crippen LogP contribution in [0.15, 0.2) is 30.5 Å². The van der Waals surface area contributed by atoms with Gasteiger partial charge in [0.15, 0.2) is 11.3 Å². The number of aromatic carboxylic acids is 1. The summed E-state index contributed by atoms with van der Waals surface area (Å²) < 4.78 is 21.5. The van der Waals surface area contributed by atoms with E-state index in [1.807, 2.05) is 13.8 Å². The summed E-state index contributed by atoms with van der Waals surface area (Å²) in [5.41, 5.74) is 7.07. The number of hydrogen-bond donors (Lipinski definition) is 3. The second-order valence-corrected chi connectivity index (χ2v) is 7.22. The number of hydrogen-bond acceptors (Lipinski definition) is 6. The summed E-state index contributed by atoms with van der Waals surface area (Å²) >= 11 is 0. The maximum absolute atomic E-state index is 14.2. The van der Waals surface area contributed by atoms with Gasteiger partial charge in [0.05, 0.1) is 12.2 Å². The summed E-state index contributed by atoms with van der Waals surface area (Å²) in [5, 5.41) is 16.7. The van der Waals surface area contributed by atoms with Gasteiger partial charge in [0, 0.05) is 24.1 Å². The van der Waals surface area contributed by atoms with Crippen molar-refractivity contribution in [3.63, 3.8) is 0 Å². The third-order valence-corrected chi connectivity index (χ3v) is 4.92. The minimum atomic E-state index is -1.12. The lowest BCUT2D eigenvalue weighted by molar-refractivity contribution is 0.0688. The van der Waals surface area contributed by atoms with Crippen molar-refractivity contribution in [3.05, 3.63) is 53.1 Å². The molecule has 0 bridgehead atoms. The van der Waals surface area contributed by atoms with Gasteiger partial charge in [-0.3, -0.25) is 0 Å². The summed E-state index contributed by atoms with van der Waals surface area (Å²) in [6, 6.07) is 5.91. The van der Waals surface area contributed by atoms with Crippen molar-refractivity contribution in [1.82, 2.24) is 14.6 Å². The SMILES string of the molecule is C[C@@H](Nc1ccc2ncc(C(=O)O)n2n1)c1cc(F)cc2c1O[C@@](C)(CN)C2. The molecule has 0 fully saturated rings. The summed E-state index contributed by atoms with van der Waals surface area (Å²) in [6.45, 7) is 4.07. The van der Waals surface area contributed by atoms with Gasteiger partial charge in [-0.15, -0.1) is 5.10 Å². The molecular weight excluding hydrogens is 365 g/mol. The van der Waals surface area contributed by atoms with Crippen molar-refractivity contribution < 1.29 is 19.0 Å². The van der Waals surface area contributed by atoms with E-state index in [0.29, 0.717) is 35.7 Å². The van der Waals surface area contributed by atoms with Crippen LogP contribution in [-0.2, 0) is 6.42 Å². The van der Waals surface area contributed by atoms with Crippen LogP contribution in [0.25, 0.3) is 5.65 Å². The predicted octanol–water partition coefficient (Wildman–Crippen LogP) is 2.39. The highest BCUT2D eigenvalue weighted by atomic mass is 19.1. The molecule has 0 aliphatic carbocycles. The summed E-state index contributed by atoms with van der Waals surface area (Å²) in [7, 11) is 0. The molecular formula is C19H20FN5O3. The summed E-state index contributed by atoms with van der Waals surface area (Å²) in [4.78, 5) is 15.3. The Kier molecular flexibility index (Phi) is 4.19. The van der Waals surface area contributed by atoms with E-state index in [9.17, 15) is 14.3 Å². The standard InChI is InChI=1S/C19H20FN5O3/c1-10(13-6-12(20)5-11-7-19(2,9-21)28-17(11)13)23-15-3-4-16-22-8-14(18(26)27)25(16)24-15/h3-6,8,10H,7,9,21H2,1-2H3,(H,23,24)(H,26,27)/t10-,19-/m1/s1. The molecule has 9 heteroatoms. The minimum absolute atomic E-state index is 0.0417. The molecule has 0 saturated carbocycles. The van der Waals surface area contributed by atoms with Crippen molar-refractivity contribution in [2.45, 2.75) is 31.9 Å². The molecule has 1 aliphatic heterocycles. The van der Waals surface area contributed by atoms with Crippen LogP contribution in [0, 0.1) is 5.82 Å². The normalized spacial score (nSPS) is 19.3. The predicted molar refractivity (Wildman–Crippen MR) is 100 cm³/mol. The largest absolute Gasteiger partial charge is 0.485 e. The van der Waals surface area contributed by atoms with Gasteiger partial charge in [0.25, 0.3) is 0 Å². The zero-order valence-corrected chi connectivity index (χ0v) is 15.4. The highest BCUT2D eigenvalue weighted by Crippen LogP contribution is 2.41. The second kappa shape index (κ2) is 6.45. The van der Waals surface area contributed by atoms with Crippen molar-refractivity contribution in [2.24, 2.45) is 5.73 Å². The molecule has 0 radical (unpaired) electrons. The van der Waals surface area contributed by atoms with Crippen LogP contribution in [0.5, 0.6) is 5.75 Å². The monoisotopic (exact) mass is 385 g/mol. The van der Waals surface area contributed by atoms with Crippen molar-refractivity contribution in [3.8, 4) is 5.75 Å². The number of ether oxygens (including phenoxy) is 1. The maximum atomic E-state index is 14.2. The van der Waals surface area contributed by atoms with E-state index in [4.69, 9.17) is 10.5 Å². The summed E-state index contributed by atoms with van der Waals surface area (Å²) in [5.74, 6) is -0.413. The van der Waals surface area contributed by atoms with E-state index in [1.54, 1.807) is 12.1 Å². The number of benzene rings is 1. The fourth-order valence-corrected chi connectivity index (χ4v) is 3.45. The zero-order chi connectivity index (χ0) is 20.1. The van der Waals surface area contributed by atoms with Crippen molar-refractivity contribution >= 4 is 17.4 Å². The van der Waals surface area contributed by atoms with Gasteiger partial charge in [-0.2, -0.15) is 0 Å². The quantitative estimate of drug-likeness (QED) is 0.618. The molecule has 2 aromatic heterocycles. The van der Waals surface area contributed by atoms with Gasteiger partial charge in [-0.05, 0) is 38.1 Å². The zero-order valence-electron chi connectivity index (χ0n) is 15.4. The number of carboxylic acid groups (broad SMARTS) is 1. The first-order valence-electron chi connectivity index (χ1n) is 8.86. The number of aromatic nitrogens is 3. The molecule has 4 rings (SSSR count). The average Bonchev–Trinajstić information content (AvgIpc) is 3.21. The number of carbonyl (C=O) groups is 1. The van der Waals surface area contributed by atoms with Crippen molar-refractivity contribution in [1.29, 1.82) is 0 Å². The number of nitrogens with one attached hydrogen (secondary N) is 1. The van der Waals surface area contributed by atoms with Gasteiger partial charge in [0.2, 0.25) is 0 Å². The summed E-state index contributed by atoms with van der Waals surface area (Å²) in [6.07, 6.45) is 1.79. The lowest BCUT2D eigenvalue weighted by Crippen LogP contribution is -2.39.